The first-order valence-electron chi connectivity index (χ1n) is 5.17. The van der Waals surface area contributed by atoms with Crippen LogP contribution in [0.15, 0.2) is 18.2 Å². The molecule has 1 rings (SSSR count). The number of ether oxygens (including phenoxy) is 1. The first kappa shape index (κ1) is 13.5. The standard InChI is InChI=1S/C11H15FN2O3/c1-13-10(7-17-2)5-8-3-4-9(12)6-11(8)14(15)16/h3-4,6,10,13H,5,7H2,1-2H3. The molecule has 0 bridgehead atoms. The predicted octanol–water partition coefficient (Wildman–Crippen LogP) is 1.51. The number of nitro benzene ring substituents is 1. The highest BCUT2D eigenvalue weighted by molar-refractivity contribution is 5.40. The highest BCUT2D eigenvalue weighted by Crippen LogP contribution is 2.21. The van der Waals surface area contributed by atoms with Gasteiger partial charge in [0.05, 0.1) is 17.6 Å². The molecule has 0 aromatic heterocycles. The second-order valence-corrected chi connectivity index (χ2v) is 3.68. The normalized spacial score (nSPS) is 12.4. The van der Waals surface area contributed by atoms with E-state index in [0.29, 0.717) is 18.6 Å². The molecule has 1 unspecified atom stereocenters. The Kier molecular flexibility index (Phi) is 4.99. The first-order valence-corrected chi connectivity index (χ1v) is 5.17. The van der Waals surface area contributed by atoms with Crippen molar-refractivity contribution in [2.24, 2.45) is 0 Å². The first-order chi connectivity index (χ1) is 8.08. The van der Waals surface area contributed by atoms with Gasteiger partial charge in [-0.05, 0) is 25.6 Å². The molecule has 6 heteroatoms. The molecule has 0 radical (unpaired) electrons. The van der Waals surface area contributed by atoms with Gasteiger partial charge in [0.15, 0.2) is 0 Å². The number of nitro groups is 1. The SMILES string of the molecule is CNC(COC)Cc1ccc(F)cc1[N+](=O)[O-]. The van der Waals surface area contributed by atoms with E-state index in [1.54, 1.807) is 14.2 Å². The molecule has 0 aliphatic carbocycles. The smallest absolute Gasteiger partial charge is 0.275 e. The molecule has 0 heterocycles. The summed E-state index contributed by atoms with van der Waals surface area (Å²) in [6, 6.07) is 3.56. The highest BCUT2D eigenvalue weighted by atomic mass is 19.1. The van der Waals surface area contributed by atoms with Crippen LogP contribution in [-0.2, 0) is 11.2 Å². The molecule has 0 amide bonds. The summed E-state index contributed by atoms with van der Waals surface area (Å²) < 4.78 is 17.9. The summed E-state index contributed by atoms with van der Waals surface area (Å²) in [6.07, 6.45) is 0.418. The second-order valence-electron chi connectivity index (χ2n) is 3.68. The lowest BCUT2D eigenvalue weighted by molar-refractivity contribution is -0.385. The molecule has 17 heavy (non-hydrogen) atoms. The molecule has 0 saturated carbocycles. The Labute approximate surface area is 98.7 Å². The fourth-order valence-electron chi connectivity index (χ4n) is 1.59. The zero-order valence-electron chi connectivity index (χ0n) is 9.77. The van der Waals surface area contributed by atoms with Crippen LogP contribution in [0.1, 0.15) is 5.56 Å². The average molecular weight is 242 g/mol. The average Bonchev–Trinajstić information content (AvgIpc) is 2.30. The molecule has 1 N–H and O–H groups in total. The Morgan fingerprint density at radius 2 is 2.29 bits per heavy atom. The van der Waals surface area contributed by atoms with Gasteiger partial charge in [-0.25, -0.2) is 4.39 Å². The Bertz CT molecular complexity index is 398. The molecule has 94 valence electrons. The number of halogens is 1. The highest BCUT2D eigenvalue weighted by Gasteiger charge is 2.18. The topological polar surface area (TPSA) is 64.4 Å². The quantitative estimate of drug-likeness (QED) is 0.606. The van der Waals surface area contributed by atoms with Crippen LogP contribution >= 0.6 is 0 Å². The van der Waals surface area contributed by atoms with E-state index in [2.05, 4.69) is 5.32 Å². The van der Waals surface area contributed by atoms with Crippen LogP contribution in [0.2, 0.25) is 0 Å². The van der Waals surface area contributed by atoms with Gasteiger partial charge in [0, 0.05) is 18.7 Å². The monoisotopic (exact) mass is 242 g/mol. The van der Waals surface area contributed by atoms with Gasteiger partial charge >= 0.3 is 0 Å². The van der Waals surface area contributed by atoms with E-state index in [9.17, 15) is 14.5 Å². The molecule has 0 spiro atoms. The van der Waals surface area contributed by atoms with E-state index in [4.69, 9.17) is 4.74 Å². The second kappa shape index (κ2) is 6.27. The maximum atomic E-state index is 12.9. The Morgan fingerprint density at radius 1 is 1.59 bits per heavy atom. The number of nitrogens with one attached hydrogen (secondary N) is 1. The van der Waals surface area contributed by atoms with E-state index in [1.807, 2.05) is 0 Å². The summed E-state index contributed by atoms with van der Waals surface area (Å²) in [6.45, 7) is 0.436. The number of hydrogen-bond acceptors (Lipinski definition) is 4. The van der Waals surface area contributed by atoms with Crippen molar-refractivity contribution in [1.29, 1.82) is 0 Å². The molecule has 0 saturated heterocycles. The molecule has 5 nitrogen and oxygen atoms in total. The molecule has 0 aliphatic rings. The summed E-state index contributed by atoms with van der Waals surface area (Å²) in [5.74, 6) is -0.604. The lowest BCUT2D eigenvalue weighted by atomic mass is 10.0. The van der Waals surface area contributed by atoms with Crippen molar-refractivity contribution in [3.63, 3.8) is 0 Å². The molecule has 1 aromatic carbocycles. The van der Waals surface area contributed by atoms with Gasteiger partial charge in [0.1, 0.15) is 5.82 Å². The number of likely N-dealkylation sites (N-methyl/N-ethyl adjacent to an activating group) is 1. The van der Waals surface area contributed by atoms with Gasteiger partial charge in [-0.3, -0.25) is 10.1 Å². The van der Waals surface area contributed by atoms with Crippen molar-refractivity contribution >= 4 is 5.69 Å². The minimum absolute atomic E-state index is 0.0378. The maximum Gasteiger partial charge on any atom is 0.275 e. The van der Waals surface area contributed by atoms with Crippen molar-refractivity contribution in [3.8, 4) is 0 Å². The fourth-order valence-corrected chi connectivity index (χ4v) is 1.59. The van der Waals surface area contributed by atoms with Crippen LogP contribution in [0.3, 0.4) is 0 Å². The van der Waals surface area contributed by atoms with Crippen LogP contribution in [0.5, 0.6) is 0 Å². The molecular weight excluding hydrogens is 227 g/mol. The van der Waals surface area contributed by atoms with E-state index >= 15 is 0 Å². The number of benzene rings is 1. The lowest BCUT2D eigenvalue weighted by Crippen LogP contribution is -2.32. The third-order valence-corrected chi connectivity index (χ3v) is 2.49. The minimum Gasteiger partial charge on any atom is -0.383 e. The molecule has 0 fully saturated rings. The summed E-state index contributed by atoms with van der Waals surface area (Å²) in [5, 5.41) is 13.8. The number of methoxy groups -OCH3 is 1. The summed E-state index contributed by atoms with van der Waals surface area (Å²) >= 11 is 0. The largest absolute Gasteiger partial charge is 0.383 e. The Balaban J connectivity index is 2.92. The van der Waals surface area contributed by atoms with Crippen molar-refractivity contribution in [2.45, 2.75) is 12.5 Å². The third-order valence-electron chi connectivity index (χ3n) is 2.49. The molecular formula is C11H15FN2O3. The molecule has 0 aliphatic heterocycles. The van der Waals surface area contributed by atoms with Gasteiger partial charge in [-0.2, -0.15) is 0 Å². The predicted molar refractivity (Wildman–Crippen MR) is 61.5 cm³/mol. The van der Waals surface area contributed by atoms with Crippen LogP contribution in [0.25, 0.3) is 0 Å². The summed E-state index contributed by atoms with van der Waals surface area (Å²) in [7, 11) is 3.31. The fraction of sp³-hybridized carbons (Fsp3) is 0.455. The zero-order valence-corrected chi connectivity index (χ0v) is 9.77. The van der Waals surface area contributed by atoms with Crippen molar-refractivity contribution in [2.75, 3.05) is 20.8 Å². The lowest BCUT2D eigenvalue weighted by Gasteiger charge is -2.14. The third kappa shape index (κ3) is 3.76. The Morgan fingerprint density at radius 3 is 2.82 bits per heavy atom. The Hall–Kier alpha value is -1.53. The van der Waals surface area contributed by atoms with Crippen LogP contribution < -0.4 is 5.32 Å². The van der Waals surface area contributed by atoms with Gasteiger partial charge in [-0.1, -0.05) is 0 Å². The molecule has 1 atom stereocenters. The van der Waals surface area contributed by atoms with Crippen molar-refractivity contribution < 1.29 is 14.1 Å². The van der Waals surface area contributed by atoms with Gasteiger partial charge in [-0.15, -0.1) is 0 Å². The van der Waals surface area contributed by atoms with E-state index in [0.717, 1.165) is 6.07 Å². The summed E-state index contributed by atoms with van der Waals surface area (Å²) in [5.41, 5.74) is 0.300. The number of nitrogens with zero attached hydrogens (tertiary/aromatic N) is 1. The van der Waals surface area contributed by atoms with E-state index in [-0.39, 0.29) is 11.7 Å². The van der Waals surface area contributed by atoms with E-state index in [1.165, 1.54) is 12.1 Å². The summed E-state index contributed by atoms with van der Waals surface area (Å²) in [4.78, 5) is 10.2. The number of hydrogen-bond donors (Lipinski definition) is 1. The minimum atomic E-state index is -0.604. The maximum absolute atomic E-state index is 12.9. The zero-order chi connectivity index (χ0) is 12.8. The van der Waals surface area contributed by atoms with Crippen molar-refractivity contribution in [1.82, 2.24) is 5.32 Å². The van der Waals surface area contributed by atoms with Crippen LogP contribution in [0.4, 0.5) is 10.1 Å². The number of rotatable bonds is 6. The van der Waals surface area contributed by atoms with Gasteiger partial charge in [0.25, 0.3) is 5.69 Å². The van der Waals surface area contributed by atoms with E-state index < -0.39 is 10.7 Å². The van der Waals surface area contributed by atoms with Crippen molar-refractivity contribution in [3.05, 3.63) is 39.7 Å². The van der Waals surface area contributed by atoms with Gasteiger partial charge < -0.3 is 10.1 Å². The van der Waals surface area contributed by atoms with Crippen LogP contribution in [0, 0.1) is 15.9 Å². The molecule has 1 aromatic rings. The van der Waals surface area contributed by atoms with Gasteiger partial charge in [0.2, 0.25) is 0 Å². The van der Waals surface area contributed by atoms with Crippen LogP contribution in [-0.4, -0.2) is 31.7 Å².